The largest absolute Gasteiger partial charge is 0.493 e. The molecular weight excluding hydrogens is 324 g/mol. The van der Waals surface area contributed by atoms with Crippen molar-refractivity contribution in [3.05, 3.63) is 59.3 Å². The van der Waals surface area contributed by atoms with E-state index >= 15 is 0 Å². The second kappa shape index (κ2) is 7.04. The average molecular weight is 350 g/mol. The molecule has 1 aromatic heterocycles. The van der Waals surface area contributed by atoms with Crippen LogP contribution in [0, 0.1) is 0 Å². The van der Waals surface area contributed by atoms with Crippen molar-refractivity contribution in [2.45, 2.75) is 25.8 Å². The molecule has 0 spiro atoms. The topological polar surface area (TPSA) is 37.5 Å². The van der Waals surface area contributed by atoms with Gasteiger partial charge < -0.3 is 14.5 Å². The number of methoxy groups -OCH3 is 2. The molecule has 4 nitrogen and oxygen atoms in total. The fourth-order valence-corrected chi connectivity index (χ4v) is 4.30. The summed E-state index contributed by atoms with van der Waals surface area (Å²) in [5.74, 6) is 1.61. The van der Waals surface area contributed by atoms with Gasteiger partial charge in [0, 0.05) is 28.7 Å². The summed E-state index contributed by atoms with van der Waals surface area (Å²) in [6.45, 7) is 4.34. The molecule has 2 aromatic carbocycles. The van der Waals surface area contributed by atoms with Crippen LogP contribution in [0.2, 0.25) is 0 Å². The van der Waals surface area contributed by atoms with Gasteiger partial charge in [-0.05, 0) is 37.1 Å². The molecule has 4 heteroatoms. The van der Waals surface area contributed by atoms with Crippen molar-refractivity contribution in [2.24, 2.45) is 0 Å². The Bertz CT molecular complexity index is 916. The van der Waals surface area contributed by atoms with Crippen LogP contribution in [-0.2, 0) is 6.42 Å². The van der Waals surface area contributed by atoms with E-state index in [1.165, 1.54) is 22.2 Å². The molecule has 1 aliphatic rings. The van der Waals surface area contributed by atoms with Gasteiger partial charge in [0.2, 0.25) is 0 Å². The van der Waals surface area contributed by atoms with Gasteiger partial charge in [0.25, 0.3) is 0 Å². The number of nitrogens with one attached hydrogen (secondary N) is 1. The number of hydrogen-bond acceptors (Lipinski definition) is 3. The van der Waals surface area contributed by atoms with Crippen LogP contribution < -0.4 is 9.47 Å². The molecule has 0 saturated heterocycles. The van der Waals surface area contributed by atoms with E-state index in [1.54, 1.807) is 14.2 Å². The second-order valence-corrected chi connectivity index (χ2v) is 6.83. The maximum Gasteiger partial charge on any atom is 0.165 e. The third-order valence-electron chi connectivity index (χ3n) is 5.37. The predicted octanol–water partition coefficient (Wildman–Crippen LogP) is 4.54. The van der Waals surface area contributed by atoms with Gasteiger partial charge in [0.05, 0.1) is 20.3 Å². The standard InChI is InChI=1S/C22H26N2O2/c1-4-13-24-14-12-16-15-8-5-6-10-18(15)23-20(16)21(24)17-9-7-11-19(25-2)22(17)26-3/h5-11,21,23H,4,12-14H2,1-3H3. The van der Waals surface area contributed by atoms with Crippen molar-refractivity contribution in [1.29, 1.82) is 0 Å². The van der Waals surface area contributed by atoms with E-state index < -0.39 is 0 Å². The van der Waals surface area contributed by atoms with Crippen molar-refractivity contribution in [3.8, 4) is 11.5 Å². The second-order valence-electron chi connectivity index (χ2n) is 6.83. The van der Waals surface area contributed by atoms with Crippen LogP contribution in [-0.4, -0.2) is 37.2 Å². The molecule has 4 rings (SSSR count). The van der Waals surface area contributed by atoms with Crippen molar-refractivity contribution in [3.63, 3.8) is 0 Å². The van der Waals surface area contributed by atoms with Gasteiger partial charge in [-0.15, -0.1) is 0 Å². The van der Waals surface area contributed by atoms with Crippen LogP contribution in [0.5, 0.6) is 11.5 Å². The van der Waals surface area contributed by atoms with Crippen LogP contribution in [0.1, 0.15) is 36.2 Å². The molecule has 1 atom stereocenters. The summed E-state index contributed by atoms with van der Waals surface area (Å²) in [6, 6.07) is 14.9. The van der Waals surface area contributed by atoms with E-state index in [4.69, 9.17) is 9.47 Å². The molecule has 136 valence electrons. The Labute approximate surface area is 154 Å². The molecule has 0 bridgehead atoms. The number of para-hydroxylation sites is 2. The maximum absolute atomic E-state index is 5.77. The third-order valence-corrected chi connectivity index (χ3v) is 5.37. The molecule has 1 aliphatic heterocycles. The van der Waals surface area contributed by atoms with Gasteiger partial charge in [0.1, 0.15) is 0 Å². The maximum atomic E-state index is 5.77. The number of rotatable bonds is 5. The predicted molar refractivity (Wildman–Crippen MR) is 105 cm³/mol. The monoisotopic (exact) mass is 350 g/mol. The summed E-state index contributed by atoms with van der Waals surface area (Å²) in [5.41, 5.74) is 5.09. The minimum Gasteiger partial charge on any atom is -0.493 e. The first-order valence-electron chi connectivity index (χ1n) is 9.32. The fraction of sp³-hybridized carbons (Fsp3) is 0.364. The van der Waals surface area contributed by atoms with E-state index in [-0.39, 0.29) is 6.04 Å². The Hall–Kier alpha value is -2.46. The van der Waals surface area contributed by atoms with Gasteiger partial charge in [-0.2, -0.15) is 0 Å². The summed E-state index contributed by atoms with van der Waals surface area (Å²) in [7, 11) is 3.42. The molecule has 0 amide bonds. The number of aromatic nitrogens is 1. The van der Waals surface area contributed by atoms with E-state index in [1.807, 2.05) is 6.07 Å². The van der Waals surface area contributed by atoms with Crippen LogP contribution in [0.15, 0.2) is 42.5 Å². The summed E-state index contributed by atoms with van der Waals surface area (Å²) < 4.78 is 11.3. The van der Waals surface area contributed by atoms with Gasteiger partial charge in [-0.3, -0.25) is 4.90 Å². The van der Waals surface area contributed by atoms with Crippen molar-refractivity contribution in [2.75, 3.05) is 27.3 Å². The molecule has 1 unspecified atom stereocenters. The number of H-pyrrole nitrogens is 1. The summed E-state index contributed by atoms with van der Waals surface area (Å²) in [5, 5.41) is 1.34. The number of benzene rings is 2. The average Bonchev–Trinajstić information content (AvgIpc) is 3.06. The minimum absolute atomic E-state index is 0.149. The molecule has 2 heterocycles. The van der Waals surface area contributed by atoms with Gasteiger partial charge in [-0.25, -0.2) is 0 Å². The zero-order valence-electron chi connectivity index (χ0n) is 15.7. The summed E-state index contributed by atoms with van der Waals surface area (Å²) in [4.78, 5) is 6.25. The molecule has 3 aromatic rings. The van der Waals surface area contributed by atoms with Crippen LogP contribution in [0.3, 0.4) is 0 Å². The van der Waals surface area contributed by atoms with E-state index in [0.29, 0.717) is 0 Å². The quantitative estimate of drug-likeness (QED) is 0.734. The first-order valence-corrected chi connectivity index (χ1v) is 9.32. The van der Waals surface area contributed by atoms with Gasteiger partial charge in [0.15, 0.2) is 11.5 Å². The normalized spacial score (nSPS) is 17.3. The van der Waals surface area contributed by atoms with Crippen molar-refractivity contribution in [1.82, 2.24) is 9.88 Å². The molecule has 0 fully saturated rings. The highest BCUT2D eigenvalue weighted by Gasteiger charge is 2.33. The third kappa shape index (κ3) is 2.65. The molecule has 0 saturated carbocycles. The zero-order valence-corrected chi connectivity index (χ0v) is 15.7. The highest BCUT2D eigenvalue weighted by Crippen LogP contribution is 2.44. The summed E-state index contributed by atoms with van der Waals surface area (Å²) in [6.07, 6.45) is 2.19. The van der Waals surface area contributed by atoms with Crippen molar-refractivity contribution < 1.29 is 9.47 Å². The lowest BCUT2D eigenvalue weighted by molar-refractivity contribution is 0.206. The Morgan fingerprint density at radius 2 is 1.92 bits per heavy atom. The molecular formula is C22H26N2O2. The van der Waals surface area contributed by atoms with Crippen LogP contribution >= 0.6 is 0 Å². The van der Waals surface area contributed by atoms with Crippen LogP contribution in [0.4, 0.5) is 0 Å². The Balaban J connectivity index is 1.93. The Morgan fingerprint density at radius 3 is 2.69 bits per heavy atom. The number of fused-ring (bicyclic) bond motifs is 3. The molecule has 0 radical (unpaired) electrons. The van der Waals surface area contributed by atoms with E-state index in [2.05, 4.69) is 53.2 Å². The number of aromatic amines is 1. The number of hydrogen-bond donors (Lipinski definition) is 1. The van der Waals surface area contributed by atoms with E-state index in [9.17, 15) is 0 Å². The zero-order chi connectivity index (χ0) is 18.1. The Kier molecular flexibility index (Phi) is 4.60. The minimum atomic E-state index is 0.149. The molecule has 26 heavy (non-hydrogen) atoms. The Morgan fingerprint density at radius 1 is 1.08 bits per heavy atom. The lowest BCUT2D eigenvalue weighted by atomic mass is 9.91. The number of nitrogens with zero attached hydrogens (tertiary/aromatic N) is 1. The lowest BCUT2D eigenvalue weighted by Crippen LogP contribution is -2.36. The van der Waals surface area contributed by atoms with Crippen molar-refractivity contribution >= 4 is 10.9 Å². The van der Waals surface area contributed by atoms with Crippen LogP contribution in [0.25, 0.3) is 10.9 Å². The smallest absolute Gasteiger partial charge is 0.165 e. The molecule has 0 aliphatic carbocycles. The van der Waals surface area contributed by atoms with Gasteiger partial charge >= 0.3 is 0 Å². The first-order chi connectivity index (χ1) is 12.8. The number of ether oxygens (including phenoxy) is 2. The SMILES string of the molecule is CCCN1CCc2c([nH]c3ccccc23)C1c1cccc(OC)c1OC. The van der Waals surface area contributed by atoms with Gasteiger partial charge in [-0.1, -0.05) is 37.3 Å². The highest BCUT2D eigenvalue weighted by atomic mass is 16.5. The summed E-state index contributed by atoms with van der Waals surface area (Å²) >= 11 is 0. The van der Waals surface area contributed by atoms with E-state index in [0.717, 1.165) is 43.0 Å². The fourth-order valence-electron chi connectivity index (χ4n) is 4.30. The lowest BCUT2D eigenvalue weighted by Gasteiger charge is -2.36. The molecule has 1 N–H and O–H groups in total. The first kappa shape index (κ1) is 17.0. The highest BCUT2D eigenvalue weighted by molar-refractivity contribution is 5.85.